The number of fused-ring (bicyclic) bond motifs is 2. The molecule has 9 heteroatoms. The van der Waals surface area contributed by atoms with Crippen molar-refractivity contribution in [3.05, 3.63) is 117 Å². The molecule has 5 aromatic rings. The molecule has 158 valence electrons. The molecule has 0 aliphatic heterocycles. The van der Waals surface area contributed by atoms with Crippen molar-refractivity contribution in [2.75, 3.05) is 0 Å². The molecule has 0 amide bonds. The maximum atomic E-state index is 12.4. The van der Waals surface area contributed by atoms with Crippen LogP contribution in [0, 0.1) is 20.2 Å². The summed E-state index contributed by atoms with van der Waals surface area (Å²) in [5.74, 6) is -0.155. The molecule has 0 bridgehead atoms. The van der Waals surface area contributed by atoms with Crippen LogP contribution in [0.15, 0.2) is 85.2 Å². The van der Waals surface area contributed by atoms with E-state index in [-0.39, 0.29) is 17.2 Å². The molecular weight excluding hydrogens is 412 g/mol. The Bertz CT molecular complexity index is 1450. The molecule has 2 heterocycles. The first-order chi connectivity index (χ1) is 15.4. The van der Waals surface area contributed by atoms with Gasteiger partial charge in [-0.1, -0.05) is 30.3 Å². The Morgan fingerprint density at radius 3 is 2.09 bits per heavy atom. The number of nitro groups is 2. The van der Waals surface area contributed by atoms with Crippen molar-refractivity contribution in [2.24, 2.45) is 0 Å². The molecular formula is C23H16N4O5. The highest BCUT2D eigenvalue weighted by Gasteiger charge is 2.16. The number of non-ortho nitro benzene ring substituents is 2. The third-order valence-electron chi connectivity index (χ3n) is 4.90. The predicted molar refractivity (Wildman–Crippen MR) is 120 cm³/mol. The number of hydrogen-bond acceptors (Lipinski definition) is 5. The highest BCUT2D eigenvalue weighted by atomic mass is 16.6. The average molecular weight is 428 g/mol. The number of nitro benzene ring substituents is 2. The highest BCUT2D eigenvalue weighted by molar-refractivity contribution is 6.16. The van der Waals surface area contributed by atoms with Crippen molar-refractivity contribution >= 4 is 39.0 Å². The second-order valence-electron chi connectivity index (χ2n) is 6.89. The van der Waals surface area contributed by atoms with E-state index in [0.29, 0.717) is 22.0 Å². The first-order valence-electron chi connectivity index (χ1n) is 9.51. The van der Waals surface area contributed by atoms with Gasteiger partial charge in [-0.2, -0.15) is 0 Å². The number of rotatable bonds is 4. The van der Waals surface area contributed by atoms with Crippen LogP contribution in [0.3, 0.4) is 0 Å². The van der Waals surface area contributed by atoms with Gasteiger partial charge in [0.15, 0.2) is 5.78 Å². The fraction of sp³-hybridized carbons (Fsp3) is 0. The summed E-state index contributed by atoms with van der Waals surface area (Å²) in [7, 11) is 0. The van der Waals surface area contributed by atoms with Gasteiger partial charge in [-0.25, -0.2) is 0 Å². The molecule has 0 unspecified atom stereocenters. The van der Waals surface area contributed by atoms with Crippen molar-refractivity contribution in [2.45, 2.75) is 0 Å². The SMILES string of the molecule is O=C(c1ccccc1)c1c[nH]c2ccc([N+](=O)[O-])cc12.O=[N+]([O-])c1ccc2[nH]ccc2c1. The lowest BCUT2D eigenvalue weighted by Gasteiger charge is -1.99. The molecule has 3 aromatic carbocycles. The van der Waals surface area contributed by atoms with Crippen LogP contribution in [-0.4, -0.2) is 25.6 Å². The van der Waals surface area contributed by atoms with Crippen molar-refractivity contribution in [1.82, 2.24) is 9.97 Å². The average Bonchev–Trinajstić information content (AvgIpc) is 3.45. The topological polar surface area (TPSA) is 135 Å². The van der Waals surface area contributed by atoms with Gasteiger partial charge in [-0.15, -0.1) is 0 Å². The summed E-state index contributed by atoms with van der Waals surface area (Å²) >= 11 is 0. The lowest BCUT2D eigenvalue weighted by molar-refractivity contribution is -0.384. The van der Waals surface area contributed by atoms with Gasteiger partial charge in [0.05, 0.1) is 9.85 Å². The summed E-state index contributed by atoms with van der Waals surface area (Å²) in [6, 6.07) is 19.8. The minimum Gasteiger partial charge on any atom is -0.361 e. The molecule has 9 nitrogen and oxygen atoms in total. The largest absolute Gasteiger partial charge is 0.361 e. The van der Waals surface area contributed by atoms with E-state index in [1.807, 2.05) is 12.1 Å². The Balaban J connectivity index is 0.000000174. The van der Waals surface area contributed by atoms with Crippen molar-refractivity contribution < 1.29 is 14.6 Å². The minimum atomic E-state index is -0.469. The number of benzene rings is 3. The van der Waals surface area contributed by atoms with Crippen LogP contribution < -0.4 is 0 Å². The van der Waals surface area contributed by atoms with Crippen LogP contribution in [0.4, 0.5) is 11.4 Å². The third kappa shape index (κ3) is 4.08. The van der Waals surface area contributed by atoms with Crippen LogP contribution in [0.1, 0.15) is 15.9 Å². The highest BCUT2D eigenvalue weighted by Crippen LogP contribution is 2.25. The Labute approximate surface area is 180 Å². The van der Waals surface area contributed by atoms with Crippen molar-refractivity contribution in [3.63, 3.8) is 0 Å². The van der Waals surface area contributed by atoms with Gasteiger partial charge in [0.2, 0.25) is 0 Å². The van der Waals surface area contributed by atoms with Crippen molar-refractivity contribution in [1.29, 1.82) is 0 Å². The van der Waals surface area contributed by atoms with E-state index in [1.54, 1.807) is 54.9 Å². The summed E-state index contributed by atoms with van der Waals surface area (Å²) in [6.07, 6.45) is 3.35. The van der Waals surface area contributed by atoms with E-state index in [2.05, 4.69) is 9.97 Å². The number of carbonyl (C=O) groups excluding carboxylic acids is 1. The second-order valence-corrected chi connectivity index (χ2v) is 6.89. The summed E-state index contributed by atoms with van der Waals surface area (Å²) in [5, 5.41) is 22.6. The van der Waals surface area contributed by atoms with E-state index < -0.39 is 9.85 Å². The third-order valence-corrected chi connectivity index (χ3v) is 4.90. The molecule has 2 aromatic heterocycles. The first kappa shape index (κ1) is 20.5. The molecule has 0 saturated heterocycles. The lowest BCUT2D eigenvalue weighted by Crippen LogP contribution is -1.99. The van der Waals surface area contributed by atoms with Crippen LogP contribution >= 0.6 is 0 Å². The van der Waals surface area contributed by atoms with E-state index >= 15 is 0 Å². The standard InChI is InChI=1S/C15H10N2O3.C8H6N2O2/c18-15(10-4-2-1-3-5-10)13-9-16-14-7-6-11(17(19)20)8-12(13)14;11-10(12)7-1-2-8-6(5-7)3-4-9-8/h1-9,16H;1-5,9H. The number of carbonyl (C=O) groups is 1. The van der Waals surface area contributed by atoms with Gasteiger partial charge in [0.1, 0.15) is 0 Å². The Morgan fingerprint density at radius 2 is 1.41 bits per heavy atom. The van der Waals surface area contributed by atoms with Crippen LogP contribution in [0.2, 0.25) is 0 Å². The minimum absolute atomic E-state index is 0.0285. The van der Waals surface area contributed by atoms with Gasteiger partial charge in [0, 0.05) is 69.6 Å². The quantitative estimate of drug-likeness (QED) is 0.225. The number of nitrogens with one attached hydrogen (secondary N) is 2. The van der Waals surface area contributed by atoms with Crippen LogP contribution in [0.5, 0.6) is 0 Å². The number of aromatic amines is 2. The van der Waals surface area contributed by atoms with Gasteiger partial charge in [0.25, 0.3) is 11.4 Å². The summed E-state index contributed by atoms with van der Waals surface area (Å²) in [5.41, 5.74) is 2.71. The van der Waals surface area contributed by atoms with Gasteiger partial charge >= 0.3 is 0 Å². The van der Waals surface area contributed by atoms with Crippen molar-refractivity contribution in [3.8, 4) is 0 Å². The lowest BCUT2D eigenvalue weighted by atomic mass is 10.0. The maximum Gasteiger partial charge on any atom is 0.270 e. The summed E-state index contributed by atoms with van der Waals surface area (Å²) in [4.78, 5) is 38.7. The number of ketones is 1. The first-order valence-corrected chi connectivity index (χ1v) is 9.51. The van der Waals surface area contributed by atoms with Crippen LogP contribution in [0.25, 0.3) is 21.8 Å². The molecule has 5 rings (SSSR count). The normalized spacial score (nSPS) is 10.5. The summed E-state index contributed by atoms with van der Waals surface area (Å²) in [6.45, 7) is 0. The molecule has 0 saturated carbocycles. The Morgan fingerprint density at radius 1 is 0.750 bits per heavy atom. The maximum absolute atomic E-state index is 12.4. The molecule has 0 atom stereocenters. The monoisotopic (exact) mass is 428 g/mol. The Hall–Kier alpha value is -4.79. The molecule has 0 aliphatic rings. The zero-order chi connectivity index (χ0) is 22.7. The molecule has 0 aliphatic carbocycles. The molecule has 2 N–H and O–H groups in total. The van der Waals surface area contributed by atoms with Gasteiger partial charge < -0.3 is 9.97 Å². The number of hydrogen-bond donors (Lipinski definition) is 2. The number of aromatic nitrogens is 2. The van der Waals surface area contributed by atoms with Crippen LogP contribution in [-0.2, 0) is 0 Å². The van der Waals surface area contributed by atoms with E-state index in [4.69, 9.17) is 0 Å². The summed E-state index contributed by atoms with van der Waals surface area (Å²) < 4.78 is 0. The van der Waals surface area contributed by atoms with Gasteiger partial charge in [-0.3, -0.25) is 25.0 Å². The van der Waals surface area contributed by atoms with Gasteiger partial charge in [-0.05, 0) is 18.2 Å². The Kier molecular flexibility index (Phi) is 5.45. The molecule has 0 spiro atoms. The fourth-order valence-corrected chi connectivity index (χ4v) is 3.31. The fourth-order valence-electron chi connectivity index (χ4n) is 3.31. The van der Waals surface area contributed by atoms with E-state index in [1.165, 1.54) is 18.2 Å². The van der Waals surface area contributed by atoms with E-state index in [9.17, 15) is 25.0 Å². The molecule has 0 fully saturated rings. The molecule has 32 heavy (non-hydrogen) atoms. The number of H-pyrrole nitrogens is 2. The van der Waals surface area contributed by atoms with E-state index in [0.717, 1.165) is 10.9 Å². The zero-order valence-corrected chi connectivity index (χ0v) is 16.5. The molecule has 0 radical (unpaired) electrons. The number of nitrogens with zero attached hydrogens (tertiary/aromatic N) is 2. The predicted octanol–water partition coefficient (Wildman–Crippen LogP) is 5.38. The zero-order valence-electron chi connectivity index (χ0n) is 16.5. The second kappa shape index (κ2) is 8.52. The smallest absolute Gasteiger partial charge is 0.270 e.